The summed E-state index contributed by atoms with van der Waals surface area (Å²) in [5.74, 6) is -0.476. The van der Waals surface area contributed by atoms with E-state index in [9.17, 15) is 4.39 Å². The molecule has 6 heterocycles. The predicted octanol–water partition coefficient (Wildman–Crippen LogP) is 4.94. The van der Waals surface area contributed by atoms with E-state index in [0.717, 1.165) is 50.6 Å². The van der Waals surface area contributed by atoms with Crippen LogP contribution < -0.4 is 20.7 Å². The lowest BCUT2D eigenvalue weighted by Crippen LogP contribution is -2.51. The van der Waals surface area contributed by atoms with E-state index in [0.29, 0.717) is 66.2 Å². The Morgan fingerprint density at radius 1 is 1.05 bits per heavy atom. The van der Waals surface area contributed by atoms with Crippen molar-refractivity contribution < 1.29 is 17.9 Å². The first-order valence-corrected chi connectivity index (χ1v) is 15.7. The van der Waals surface area contributed by atoms with Crippen molar-refractivity contribution in [1.82, 2.24) is 25.2 Å². The van der Waals surface area contributed by atoms with Gasteiger partial charge in [-0.15, -0.1) is 0 Å². The molecule has 0 amide bonds. The molecule has 11 heteroatoms. The molecule has 0 radical (unpaired) electrons. The van der Waals surface area contributed by atoms with Crippen molar-refractivity contribution in [3.05, 3.63) is 34.5 Å². The van der Waals surface area contributed by atoms with Gasteiger partial charge in [-0.1, -0.05) is 0 Å². The van der Waals surface area contributed by atoms with Gasteiger partial charge < -0.3 is 20.7 Å². The van der Waals surface area contributed by atoms with Gasteiger partial charge in [-0.2, -0.15) is 9.97 Å². The smallest absolute Gasteiger partial charge is 0.319 e. The van der Waals surface area contributed by atoms with Crippen LogP contribution in [0.5, 0.6) is 6.01 Å². The third kappa shape index (κ3) is 4.44. The van der Waals surface area contributed by atoms with E-state index in [1.807, 2.05) is 6.92 Å². The molecule has 2 bridgehead atoms. The monoisotopic (exact) mass is 593 g/mol. The number of alkyl halides is 1. The number of nitrogens with one attached hydrogen (secondary N) is 1. The average Bonchev–Trinajstić information content (AvgIpc) is 3.54. The summed E-state index contributed by atoms with van der Waals surface area (Å²) in [7, 11) is 0. The van der Waals surface area contributed by atoms with Gasteiger partial charge in [-0.25, -0.2) is 18.2 Å². The number of halogens is 3. The zero-order valence-corrected chi connectivity index (χ0v) is 24.7. The molecule has 5 fully saturated rings. The molecule has 1 aromatic carbocycles. The Kier molecular flexibility index (Phi) is 6.31. The molecule has 228 valence electrons. The maximum atomic E-state index is 16.9. The Bertz CT molecular complexity index is 1620. The quantitative estimate of drug-likeness (QED) is 0.415. The summed E-state index contributed by atoms with van der Waals surface area (Å²) in [5, 5.41) is 3.93. The summed E-state index contributed by atoms with van der Waals surface area (Å²) in [6, 6.07) is 2.00. The summed E-state index contributed by atoms with van der Waals surface area (Å²) in [6.45, 7) is 6.46. The highest BCUT2D eigenvalue weighted by atomic mass is 19.1. The van der Waals surface area contributed by atoms with Gasteiger partial charge in [0.15, 0.2) is 5.82 Å². The van der Waals surface area contributed by atoms with Crippen LogP contribution in [0.3, 0.4) is 0 Å². The average molecular weight is 594 g/mol. The summed E-state index contributed by atoms with van der Waals surface area (Å²) in [5.41, 5.74) is 8.34. The first kappa shape index (κ1) is 27.4. The van der Waals surface area contributed by atoms with Gasteiger partial charge in [0.05, 0.1) is 11.1 Å². The number of benzene rings is 1. The summed E-state index contributed by atoms with van der Waals surface area (Å²) < 4.78 is 53.9. The second kappa shape index (κ2) is 9.92. The number of aryl methyl sites for hydroxylation is 1. The van der Waals surface area contributed by atoms with Crippen molar-refractivity contribution in [3.63, 3.8) is 0 Å². The van der Waals surface area contributed by atoms with E-state index in [1.165, 1.54) is 6.07 Å². The van der Waals surface area contributed by atoms with Crippen LogP contribution in [0, 0.1) is 25.5 Å². The minimum atomic E-state index is -0.892. The SMILES string of the molecule is Cc1nc(N)c(C)c(-c2c(F)cc3c(N4CC5CCC(C4)N5)nc(OC[C@@]45CCCN4C[C@H](F)C5)nc3c2F)c1C1CC1. The standard InChI is InChI=1S/C32H38F3N7O/c1-16-24(25(18-4-5-18)17(2)37-29(16)36)26-23(34)10-22-28(27(26)35)39-31(40-30(22)41-13-20-6-7-21(14-41)38-20)43-15-32-8-3-9-42(32)12-19(33)11-32/h10,18-21,38H,3-9,11-15H2,1-2H3,(H2,36,37)/t19-,20?,21?,32+/m1/s1. The van der Waals surface area contributed by atoms with Gasteiger partial charge in [-0.05, 0) is 87.6 Å². The van der Waals surface area contributed by atoms with Gasteiger partial charge >= 0.3 is 6.01 Å². The number of nitrogens with two attached hydrogens (primary N) is 1. The van der Waals surface area contributed by atoms with Gasteiger partial charge in [0, 0.05) is 49.2 Å². The number of nitrogens with zero attached hydrogens (tertiary/aromatic N) is 5. The van der Waals surface area contributed by atoms with Crippen LogP contribution in [0.2, 0.25) is 0 Å². The van der Waals surface area contributed by atoms with Gasteiger partial charge in [-0.3, -0.25) is 4.90 Å². The van der Waals surface area contributed by atoms with E-state index in [-0.39, 0.29) is 35.4 Å². The van der Waals surface area contributed by atoms with Crippen molar-refractivity contribution >= 4 is 22.5 Å². The lowest BCUT2D eigenvalue weighted by Gasteiger charge is -2.34. The first-order chi connectivity index (χ1) is 20.7. The Labute approximate surface area is 249 Å². The van der Waals surface area contributed by atoms with Crippen LogP contribution >= 0.6 is 0 Å². The normalized spacial score (nSPS) is 28.7. The third-order valence-corrected chi connectivity index (χ3v) is 10.5. The number of pyridine rings is 1. The first-order valence-electron chi connectivity index (χ1n) is 15.7. The molecule has 5 aliphatic rings. The van der Waals surface area contributed by atoms with Gasteiger partial charge in [0.25, 0.3) is 0 Å². The van der Waals surface area contributed by atoms with Gasteiger partial charge in [0.2, 0.25) is 0 Å². The van der Waals surface area contributed by atoms with Crippen molar-refractivity contribution in [2.45, 2.75) is 88.5 Å². The molecule has 4 atom stereocenters. The molecule has 4 saturated heterocycles. The molecule has 8 nitrogen and oxygen atoms in total. The summed E-state index contributed by atoms with van der Waals surface area (Å²) in [6.07, 6.45) is 5.34. The van der Waals surface area contributed by atoms with Crippen LogP contribution in [0.4, 0.5) is 24.8 Å². The number of fused-ring (bicyclic) bond motifs is 4. The Morgan fingerprint density at radius 2 is 1.81 bits per heavy atom. The summed E-state index contributed by atoms with van der Waals surface area (Å²) >= 11 is 0. The molecular formula is C32H38F3N7O. The highest BCUT2D eigenvalue weighted by Crippen LogP contribution is 2.49. The number of aromatic nitrogens is 3. The minimum absolute atomic E-state index is 0.0204. The maximum Gasteiger partial charge on any atom is 0.319 e. The fraction of sp³-hybridized carbons (Fsp3) is 0.594. The molecule has 3 N–H and O–H groups in total. The molecule has 2 aromatic heterocycles. The molecule has 8 rings (SSSR count). The van der Waals surface area contributed by atoms with Crippen molar-refractivity contribution in [1.29, 1.82) is 0 Å². The van der Waals surface area contributed by atoms with E-state index in [4.69, 9.17) is 15.5 Å². The molecule has 3 aromatic rings. The Balaban J connectivity index is 1.28. The highest BCUT2D eigenvalue weighted by molar-refractivity contribution is 5.95. The molecule has 1 saturated carbocycles. The van der Waals surface area contributed by atoms with Crippen LogP contribution in [0.25, 0.3) is 22.0 Å². The number of hydrogen-bond donors (Lipinski definition) is 2. The topological polar surface area (TPSA) is 92.4 Å². The zero-order chi connectivity index (χ0) is 29.6. The summed E-state index contributed by atoms with van der Waals surface area (Å²) in [4.78, 5) is 18.1. The number of anilines is 2. The largest absolute Gasteiger partial charge is 0.461 e. The van der Waals surface area contributed by atoms with Crippen molar-refractivity contribution in [2.75, 3.05) is 43.4 Å². The van der Waals surface area contributed by atoms with Crippen molar-refractivity contribution in [3.8, 4) is 17.1 Å². The molecule has 0 spiro atoms. The number of hydrogen-bond acceptors (Lipinski definition) is 8. The Hall–Kier alpha value is -3.18. The zero-order valence-electron chi connectivity index (χ0n) is 24.7. The van der Waals surface area contributed by atoms with Gasteiger partial charge in [0.1, 0.15) is 35.7 Å². The molecule has 2 unspecified atom stereocenters. The molecule has 43 heavy (non-hydrogen) atoms. The van der Waals surface area contributed by atoms with Crippen LogP contribution in [0.15, 0.2) is 6.07 Å². The van der Waals surface area contributed by atoms with E-state index in [1.54, 1.807) is 6.92 Å². The van der Waals surface area contributed by atoms with E-state index in [2.05, 4.69) is 25.1 Å². The number of rotatable bonds is 6. The highest BCUT2D eigenvalue weighted by Gasteiger charge is 2.49. The number of nitrogen functional groups attached to an aromatic ring is 1. The fourth-order valence-corrected chi connectivity index (χ4v) is 8.34. The predicted molar refractivity (Wildman–Crippen MR) is 159 cm³/mol. The molecule has 4 aliphatic heterocycles. The third-order valence-electron chi connectivity index (χ3n) is 10.5. The molecule has 1 aliphatic carbocycles. The minimum Gasteiger partial charge on any atom is -0.461 e. The van der Waals surface area contributed by atoms with E-state index >= 15 is 8.78 Å². The lowest BCUT2D eigenvalue weighted by atomic mass is 9.90. The number of ether oxygens (including phenoxy) is 1. The Morgan fingerprint density at radius 3 is 2.56 bits per heavy atom. The van der Waals surface area contributed by atoms with Crippen molar-refractivity contribution in [2.24, 2.45) is 0 Å². The second-order valence-corrected chi connectivity index (χ2v) is 13.5. The van der Waals surface area contributed by atoms with Crippen LogP contribution in [-0.4, -0.2) is 76.4 Å². The lowest BCUT2D eigenvalue weighted by molar-refractivity contribution is 0.107. The fourth-order valence-electron chi connectivity index (χ4n) is 8.34. The number of piperazine rings is 1. The second-order valence-electron chi connectivity index (χ2n) is 13.5. The van der Waals surface area contributed by atoms with E-state index < -0.39 is 23.3 Å². The van der Waals surface area contributed by atoms with Crippen LogP contribution in [-0.2, 0) is 0 Å². The molecular weight excluding hydrogens is 555 g/mol. The van der Waals surface area contributed by atoms with Crippen LogP contribution in [0.1, 0.15) is 67.7 Å². The maximum absolute atomic E-state index is 16.9.